The first-order valence-electron chi connectivity index (χ1n) is 12.9. The molecule has 3 aromatic heterocycles. The van der Waals surface area contributed by atoms with Crippen LogP contribution in [0.3, 0.4) is 0 Å². The summed E-state index contributed by atoms with van der Waals surface area (Å²) in [5.41, 5.74) is 12.2. The fraction of sp³-hybridized carbons (Fsp3) is 0.281. The number of amides is 1. The van der Waals surface area contributed by atoms with Crippen molar-refractivity contribution in [1.82, 2.24) is 19.9 Å². The lowest BCUT2D eigenvalue weighted by Crippen LogP contribution is -2.40. The second-order valence-electron chi connectivity index (χ2n) is 10.4. The molecule has 0 fully saturated rings. The molecule has 8 heteroatoms. The van der Waals surface area contributed by atoms with Crippen LogP contribution in [0.15, 0.2) is 61.1 Å². The Balaban J connectivity index is 0.000000360. The number of aryl methyl sites for hydroxylation is 2. The van der Waals surface area contributed by atoms with Crippen LogP contribution >= 0.6 is 0 Å². The normalized spacial score (nSPS) is 11.4. The summed E-state index contributed by atoms with van der Waals surface area (Å²) in [6.45, 7) is 11.1. The lowest BCUT2D eigenvalue weighted by molar-refractivity contribution is -0.111. The number of carbonyl (C=O) groups excluding carboxylic acids is 2. The number of benzene rings is 1. The van der Waals surface area contributed by atoms with Crippen LogP contribution in [-0.4, -0.2) is 50.9 Å². The predicted molar refractivity (Wildman–Crippen MR) is 161 cm³/mol. The molecule has 1 aromatic carbocycles. The van der Waals surface area contributed by atoms with Gasteiger partial charge in [0, 0.05) is 43.6 Å². The zero-order valence-electron chi connectivity index (χ0n) is 24.0. The summed E-state index contributed by atoms with van der Waals surface area (Å²) in [4.78, 5) is 36.0. The van der Waals surface area contributed by atoms with Gasteiger partial charge in [0.1, 0.15) is 23.4 Å². The third kappa shape index (κ3) is 7.87. The summed E-state index contributed by atoms with van der Waals surface area (Å²) in [5, 5.41) is 1.06. The highest BCUT2D eigenvalue weighted by atomic mass is 16.6. The zero-order valence-corrected chi connectivity index (χ0v) is 24.0. The Morgan fingerprint density at radius 3 is 2.45 bits per heavy atom. The van der Waals surface area contributed by atoms with Crippen LogP contribution in [0.1, 0.15) is 51.5 Å². The Bertz CT molecular complexity index is 1570. The number of hydrogen-bond acceptors (Lipinski definition) is 7. The highest BCUT2D eigenvalue weighted by molar-refractivity contribution is 5.80. The van der Waals surface area contributed by atoms with Crippen molar-refractivity contribution in [2.75, 3.05) is 12.8 Å². The van der Waals surface area contributed by atoms with Crippen molar-refractivity contribution in [3.8, 4) is 23.0 Å². The molecule has 0 radical (unpaired) electrons. The highest BCUT2D eigenvalue weighted by Crippen LogP contribution is 2.29. The maximum atomic E-state index is 11.3. The summed E-state index contributed by atoms with van der Waals surface area (Å²) in [6.07, 6.45) is 5.71. The molecular formula is C32H37N5O3. The average Bonchev–Trinajstić information content (AvgIpc) is 2.91. The van der Waals surface area contributed by atoms with E-state index in [1.54, 1.807) is 33.9 Å². The molecule has 0 aliphatic carbocycles. The summed E-state index contributed by atoms with van der Waals surface area (Å²) >= 11 is 0. The lowest BCUT2D eigenvalue weighted by atomic mass is 9.96. The number of pyridine rings is 3. The number of likely N-dealkylation sites (N-methyl/N-ethyl adjacent to an activating group) is 1. The Kier molecular flexibility index (Phi) is 9.57. The van der Waals surface area contributed by atoms with Crippen molar-refractivity contribution < 1.29 is 15.8 Å². The largest absolute Gasteiger partial charge is 0.444 e. The topological polar surface area (TPSA) is 111 Å². The van der Waals surface area contributed by atoms with Crippen molar-refractivity contribution >= 4 is 29.1 Å². The minimum absolute atomic E-state index is 0. The van der Waals surface area contributed by atoms with Crippen LogP contribution in [0.5, 0.6) is 0 Å². The van der Waals surface area contributed by atoms with Crippen molar-refractivity contribution in [2.45, 2.75) is 53.2 Å². The summed E-state index contributed by atoms with van der Waals surface area (Å²) in [6, 6.07) is 13.3. The number of aromatic nitrogens is 3. The first-order valence-corrected chi connectivity index (χ1v) is 12.9. The number of ether oxygens (including phenoxy) is 1. The zero-order chi connectivity index (χ0) is 29.4. The number of nitrogens with zero attached hydrogens (tertiary/aromatic N) is 4. The molecule has 1 unspecified atom stereocenters. The number of fused-ring (bicyclic) bond motifs is 1. The Morgan fingerprint density at radius 1 is 1.10 bits per heavy atom. The molecule has 0 saturated heterocycles. The molecule has 0 spiro atoms. The standard InChI is InChI=1S/C23H18N4.C9H17NO3.H2/c1-15-13-25-14-16(2)23(15)19-7-10-22(24)27-21(19)9-6-17-5-8-20-18(12-17)4-3-11-26-20;1-7(6-11)10(5)8(12)13-9(2,3)4;/h3-5,7-8,10-14H,1-2H3,(H2,24,27);6-7H,1-5H3;1H. The van der Waals surface area contributed by atoms with E-state index in [2.05, 4.69) is 26.8 Å². The van der Waals surface area contributed by atoms with Crippen molar-refractivity contribution in [1.29, 1.82) is 0 Å². The van der Waals surface area contributed by atoms with Gasteiger partial charge in [-0.25, -0.2) is 9.78 Å². The van der Waals surface area contributed by atoms with Gasteiger partial charge in [0.15, 0.2) is 0 Å². The predicted octanol–water partition coefficient (Wildman–Crippen LogP) is 5.98. The Labute approximate surface area is 237 Å². The Hall–Kier alpha value is -4.77. The van der Waals surface area contributed by atoms with Crippen molar-refractivity contribution in [3.63, 3.8) is 0 Å². The quantitative estimate of drug-likeness (QED) is 0.252. The van der Waals surface area contributed by atoms with Crippen LogP contribution in [-0.2, 0) is 9.53 Å². The molecule has 8 nitrogen and oxygen atoms in total. The number of hydrogen-bond donors (Lipinski definition) is 1. The second kappa shape index (κ2) is 12.9. The molecule has 0 saturated carbocycles. The van der Waals surface area contributed by atoms with Crippen LogP contribution in [0.4, 0.5) is 10.6 Å². The molecule has 40 heavy (non-hydrogen) atoms. The summed E-state index contributed by atoms with van der Waals surface area (Å²) in [7, 11) is 1.53. The molecule has 3 heterocycles. The van der Waals surface area contributed by atoms with Crippen LogP contribution in [0.2, 0.25) is 0 Å². The molecule has 2 N–H and O–H groups in total. The molecule has 4 rings (SSSR count). The molecule has 1 atom stereocenters. The van der Waals surface area contributed by atoms with Crippen LogP contribution in [0.25, 0.3) is 22.0 Å². The van der Waals surface area contributed by atoms with Gasteiger partial charge in [-0.1, -0.05) is 12.0 Å². The van der Waals surface area contributed by atoms with Gasteiger partial charge in [-0.05, 0) is 101 Å². The van der Waals surface area contributed by atoms with Gasteiger partial charge in [-0.3, -0.25) is 9.97 Å². The van der Waals surface area contributed by atoms with Crippen LogP contribution < -0.4 is 5.73 Å². The number of nitrogen functional groups attached to an aromatic ring is 1. The monoisotopic (exact) mass is 539 g/mol. The minimum Gasteiger partial charge on any atom is -0.444 e. The molecule has 4 aromatic rings. The van der Waals surface area contributed by atoms with Gasteiger partial charge in [-0.15, -0.1) is 0 Å². The molecule has 208 valence electrons. The average molecular weight is 540 g/mol. The molecule has 1 amide bonds. The fourth-order valence-electron chi connectivity index (χ4n) is 3.77. The van der Waals surface area contributed by atoms with E-state index in [0.29, 0.717) is 17.8 Å². The maximum Gasteiger partial charge on any atom is 0.410 e. The molecular weight excluding hydrogens is 502 g/mol. The van der Waals surface area contributed by atoms with E-state index in [1.807, 2.05) is 68.7 Å². The summed E-state index contributed by atoms with van der Waals surface area (Å²) < 4.78 is 5.05. The van der Waals surface area contributed by atoms with Gasteiger partial charge < -0.3 is 20.2 Å². The Morgan fingerprint density at radius 2 is 1.80 bits per heavy atom. The third-order valence-corrected chi connectivity index (χ3v) is 5.93. The van der Waals surface area contributed by atoms with Gasteiger partial charge in [0.05, 0.1) is 11.6 Å². The van der Waals surface area contributed by atoms with Gasteiger partial charge in [-0.2, -0.15) is 0 Å². The smallest absolute Gasteiger partial charge is 0.410 e. The number of aldehydes is 1. The lowest BCUT2D eigenvalue weighted by Gasteiger charge is -2.26. The summed E-state index contributed by atoms with van der Waals surface area (Å²) in [5.74, 6) is 6.88. The number of nitrogens with two attached hydrogens (primary N) is 1. The SMILES string of the molecule is CC(C=O)N(C)C(=O)OC(C)(C)C.Cc1cncc(C)c1-c1ccc(N)nc1C#Cc1ccc2ncccc2c1.[HH]. The van der Waals surface area contributed by atoms with E-state index < -0.39 is 17.7 Å². The van der Waals surface area contributed by atoms with Crippen molar-refractivity contribution in [2.24, 2.45) is 0 Å². The number of carbonyl (C=O) groups is 2. The van der Waals surface area contributed by atoms with Gasteiger partial charge in [0.2, 0.25) is 0 Å². The molecule has 0 aliphatic heterocycles. The number of anilines is 1. The highest BCUT2D eigenvalue weighted by Gasteiger charge is 2.22. The maximum absolute atomic E-state index is 11.3. The van der Waals surface area contributed by atoms with Gasteiger partial charge >= 0.3 is 6.09 Å². The third-order valence-electron chi connectivity index (χ3n) is 5.93. The number of rotatable bonds is 3. The van der Waals surface area contributed by atoms with Gasteiger partial charge in [0.25, 0.3) is 0 Å². The first-order chi connectivity index (χ1) is 18.9. The van der Waals surface area contributed by atoms with E-state index >= 15 is 0 Å². The van der Waals surface area contributed by atoms with E-state index in [4.69, 9.17) is 10.5 Å². The first kappa shape index (κ1) is 29.8. The van der Waals surface area contributed by atoms with E-state index in [-0.39, 0.29) is 1.43 Å². The minimum atomic E-state index is -0.520. The molecule has 0 bridgehead atoms. The van der Waals surface area contributed by atoms with Crippen molar-refractivity contribution in [3.05, 3.63) is 83.4 Å². The van der Waals surface area contributed by atoms with E-state index in [1.165, 1.54) is 11.9 Å². The molecule has 0 aliphatic rings. The van der Waals surface area contributed by atoms with E-state index in [0.717, 1.165) is 38.7 Å². The second-order valence-corrected chi connectivity index (χ2v) is 10.4. The van der Waals surface area contributed by atoms with E-state index in [9.17, 15) is 9.59 Å². The van der Waals surface area contributed by atoms with Crippen LogP contribution in [0, 0.1) is 25.7 Å². The fourth-order valence-corrected chi connectivity index (χ4v) is 3.77.